The number of aromatic hydroxyl groups is 1. The molecule has 1 aliphatic rings. The molecule has 1 aromatic carbocycles. The Morgan fingerprint density at radius 3 is 2.73 bits per heavy atom. The molecule has 0 amide bonds. The van der Waals surface area contributed by atoms with Crippen LogP contribution in [0.15, 0.2) is 18.2 Å². The van der Waals surface area contributed by atoms with Gasteiger partial charge in [0.15, 0.2) is 11.5 Å². The lowest BCUT2D eigenvalue weighted by Gasteiger charge is -2.28. The van der Waals surface area contributed by atoms with Crippen LogP contribution in [-0.2, 0) is 0 Å². The van der Waals surface area contributed by atoms with Gasteiger partial charge in [0.05, 0.1) is 7.11 Å². The molecule has 0 aliphatic carbocycles. The number of methoxy groups -OCH3 is 1. The molecule has 80 valence electrons. The SMILES string of the molecule is COc1ccc2c(c1O)OC(C)(C)C=C2. The van der Waals surface area contributed by atoms with E-state index in [-0.39, 0.29) is 5.75 Å². The zero-order valence-corrected chi connectivity index (χ0v) is 9.07. The molecule has 0 bridgehead atoms. The average molecular weight is 206 g/mol. The highest BCUT2D eigenvalue weighted by Gasteiger charge is 2.25. The molecule has 0 atom stereocenters. The standard InChI is InChI=1S/C12H14O3/c1-12(2)7-6-8-4-5-9(14-3)10(13)11(8)15-12/h4-7,13H,1-3H3. The third kappa shape index (κ3) is 1.65. The van der Waals surface area contributed by atoms with Gasteiger partial charge in [-0.1, -0.05) is 6.08 Å². The average Bonchev–Trinajstić information content (AvgIpc) is 2.19. The first-order valence-electron chi connectivity index (χ1n) is 4.82. The van der Waals surface area contributed by atoms with Gasteiger partial charge in [0, 0.05) is 5.56 Å². The van der Waals surface area contributed by atoms with Crippen LogP contribution >= 0.6 is 0 Å². The van der Waals surface area contributed by atoms with Gasteiger partial charge in [0.2, 0.25) is 5.75 Å². The number of phenolic OH excluding ortho intramolecular Hbond substituents is 1. The zero-order valence-electron chi connectivity index (χ0n) is 9.07. The van der Waals surface area contributed by atoms with Crippen molar-refractivity contribution in [3.05, 3.63) is 23.8 Å². The molecule has 0 saturated heterocycles. The van der Waals surface area contributed by atoms with Crippen LogP contribution in [-0.4, -0.2) is 17.8 Å². The smallest absolute Gasteiger partial charge is 0.201 e. The number of benzene rings is 1. The summed E-state index contributed by atoms with van der Waals surface area (Å²) in [6.07, 6.45) is 3.90. The summed E-state index contributed by atoms with van der Waals surface area (Å²) >= 11 is 0. The van der Waals surface area contributed by atoms with Crippen molar-refractivity contribution in [1.29, 1.82) is 0 Å². The normalized spacial score (nSPS) is 16.7. The topological polar surface area (TPSA) is 38.7 Å². The van der Waals surface area contributed by atoms with Crippen molar-refractivity contribution >= 4 is 6.08 Å². The van der Waals surface area contributed by atoms with Crippen LogP contribution in [0, 0.1) is 0 Å². The lowest BCUT2D eigenvalue weighted by Crippen LogP contribution is -2.27. The summed E-state index contributed by atoms with van der Waals surface area (Å²) in [7, 11) is 1.52. The summed E-state index contributed by atoms with van der Waals surface area (Å²) < 4.78 is 10.7. The second kappa shape index (κ2) is 3.19. The van der Waals surface area contributed by atoms with Crippen molar-refractivity contribution in [2.45, 2.75) is 19.4 Å². The van der Waals surface area contributed by atoms with Gasteiger partial charge in [-0.25, -0.2) is 0 Å². The molecule has 0 fully saturated rings. The van der Waals surface area contributed by atoms with Crippen LogP contribution in [0.4, 0.5) is 0 Å². The summed E-state index contributed by atoms with van der Waals surface area (Å²) in [5.41, 5.74) is 0.476. The third-order valence-corrected chi connectivity index (χ3v) is 2.37. The van der Waals surface area contributed by atoms with E-state index in [4.69, 9.17) is 9.47 Å². The molecule has 1 aromatic rings. The molecule has 0 aromatic heterocycles. The highest BCUT2D eigenvalue weighted by atomic mass is 16.5. The van der Waals surface area contributed by atoms with Gasteiger partial charge < -0.3 is 14.6 Å². The van der Waals surface area contributed by atoms with Gasteiger partial charge in [-0.05, 0) is 32.1 Å². The van der Waals surface area contributed by atoms with E-state index < -0.39 is 5.60 Å². The molecule has 0 unspecified atom stereocenters. The maximum atomic E-state index is 9.88. The fraction of sp³-hybridized carbons (Fsp3) is 0.333. The zero-order chi connectivity index (χ0) is 11.1. The molecular formula is C12H14O3. The van der Waals surface area contributed by atoms with Crippen molar-refractivity contribution in [2.24, 2.45) is 0 Å². The largest absolute Gasteiger partial charge is 0.502 e. The van der Waals surface area contributed by atoms with Gasteiger partial charge in [0.25, 0.3) is 0 Å². The summed E-state index contributed by atoms with van der Waals surface area (Å²) in [4.78, 5) is 0. The minimum atomic E-state index is -0.392. The predicted octanol–water partition coefficient (Wildman–Crippen LogP) is 2.59. The monoisotopic (exact) mass is 206 g/mol. The van der Waals surface area contributed by atoms with E-state index in [2.05, 4.69) is 0 Å². The van der Waals surface area contributed by atoms with Crippen LogP contribution in [0.25, 0.3) is 6.08 Å². The molecule has 3 heteroatoms. The number of hydrogen-bond donors (Lipinski definition) is 1. The molecule has 0 radical (unpaired) electrons. The lowest BCUT2D eigenvalue weighted by molar-refractivity contribution is 0.151. The van der Waals surface area contributed by atoms with E-state index in [0.717, 1.165) is 5.56 Å². The second-order valence-electron chi connectivity index (χ2n) is 4.07. The Morgan fingerprint density at radius 2 is 2.07 bits per heavy atom. The second-order valence-corrected chi connectivity index (χ2v) is 4.07. The van der Waals surface area contributed by atoms with E-state index in [1.54, 1.807) is 6.07 Å². The van der Waals surface area contributed by atoms with Crippen LogP contribution in [0.3, 0.4) is 0 Å². The highest BCUT2D eigenvalue weighted by molar-refractivity contribution is 5.68. The summed E-state index contributed by atoms with van der Waals surface area (Å²) in [5.74, 6) is 0.981. The molecule has 15 heavy (non-hydrogen) atoms. The maximum Gasteiger partial charge on any atom is 0.201 e. The van der Waals surface area contributed by atoms with Crippen LogP contribution in [0.1, 0.15) is 19.4 Å². The first kappa shape index (κ1) is 9.90. The van der Waals surface area contributed by atoms with Gasteiger partial charge >= 0.3 is 0 Å². The summed E-state index contributed by atoms with van der Waals surface area (Å²) in [6, 6.07) is 3.58. The molecule has 2 rings (SSSR count). The van der Waals surface area contributed by atoms with Crippen LogP contribution in [0.2, 0.25) is 0 Å². The van der Waals surface area contributed by atoms with Crippen molar-refractivity contribution in [3.63, 3.8) is 0 Å². The Hall–Kier alpha value is -1.64. The highest BCUT2D eigenvalue weighted by Crippen LogP contribution is 2.43. The fourth-order valence-electron chi connectivity index (χ4n) is 1.56. The molecule has 0 saturated carbocycles. The van der Waals surface area contributed by atoms with E-state index in [1.807, 2.05) is 32.1 Å². The minimum Gasteiger partial charge on any atom is -0.502 e. The lowest BCUT2D eigenvalue weighted by atomic mass is 10.0. The molecule has 1 N–H and O–H groups in total. The van der Waals surface area contributed by atoms with Crippen LogP contribution in [0.5, 0.6) is 17.2 Å². The maximum absolute atomic E-state index is 9.88. The minimum absolute atomic E-state index is 0.0624. The number of phenols is 1. The quantitative estimate of drug-likeness (QED) is 0.767. The third-order valence-electron chi connectivity index (χ3n) is 2.37. The summed E-state index contributed by atoms with van der Waals surface area (Å²) in [5, 5.41) is 9.88. The Morgan fingerprint density at radius 1 is 1.33 bits per heavy atom. The molecule has 1 aliphatic heterocycles. The van der Waals surface area contributed by atoms with Crippen molar-refractivity contribution in [1.82, 2.24) is 0 Å². The number of fused-ring (bicyclic) bond motifs is 1. The Bertz CT molecular complexity index is 419. The van der Waals surface area contributed by atoms with Gasteiger partial charge in [0.1, 0.15) is 5.60 Å². The molecule has 1 heterocycles. The van der Waals surface area contributed by atoms with E-state index in [9.17, 15) is 5.11 Å². The molecular weight excluding hydrogens is 192 g/mol. The van der Waals surface area contributed by atoms with Gasteiger partial charge in [-0.2, -0.15) is 0 Å². The first-order valence-corrected chi connectivity index (χ1v) is 4.82. The van der Waals surface area contributed by atoms with Crippen molar-refractivity contribution in [2.75, 3.05) is 7.11 Å². The van der Waals surface area contributed by atoms with Crippen molar-refractivity contribution < 1.29 is 14.6 Å². The number of rotatable bonds is 1. The molecule has 3 nitrogen and oxygen atoms in total. The van der Waals surface area contributed by atoms with E-state index in [0.29, 0.717) is 11.5 Å². The Labute approximate surface area is 88.9 Å². The fourth-order valence-corrected chi connectivity index (χ4v) is 1.56. The number of hydrogen-bond acceptors (Lipinski definition) is 3. The Kier molecular flexibility index (Phi) is 2.11. The van der Waals surface area contributed by atoms with E-state index >= 15 is 0 Å². The van der Waals surface area contributed by atoms with Crippen LogP contribution < -0.4 is 9.47 Å². The Balaban J connectivity index is 2.54. The van der Waals surface area contributed by atoms with Crippen molar-refractivity contribution in [3.8, 4) is 17.2 Å². The van der Waals surface area contributed by atoms with Gasteiger partial charge in [-0.15, -0.1) is 0 Å². The number of ether oxygens (including phenoxy) is 2. The van der Waals surface area contributed by atoms with Gasteiger partial charge in [-0.3, -0.25) is 0 Å². The molecule has 0 spiro atoms. The predicted molar refractivity (Wildman–Crippen MR) is 58.4 cm³/mol. The van der Waals surface area contributed by atoms with E-state index in [1.165, 1.54) is 7.11 Å². The summed E-state index contributed by atoms with van der Waals surface area (Å²) in [6.45, 7) is 3.87. The first-order chi connectivity index (χ1) is 7.03.